The number of nitrogens with one attached hydrogen (secondary N) is 1. The summed E-state index contributed by atoms with van der Waals surface area (Å²) in [5.41, 5.74) is 1.68. The van der Waals surface area contributed by atoms with Crippen molar-refractivity contribution in [1.82, 2.24) is 14.5 Å². The Morgan fingerprint density at radius 2 is 1.83 bits per heavy atom. The number of sulfonamides is 1. The molecule has 2 aliphatic rings. The lowest BCUT2D eigenvalue weighted by molar-refractivity contribution is 0.172. The summed E-state index contributed by atoms with van der Waals surface area (Å²) in [5, 5.41) is 2.94. The molecular formula is C17H25N3O3S. The average Bonchev–Trinajstić information content (AvgIpc) is 3.39. The van der Waals surface area contributed by atoms with Crippen molar-refractivity contribution in [2.75, 3.05) is 32.7 Å². The summed E-state index contributed by atoms with van der Waals surface area (Å²) in [6, 6.07) is 5.39. The van der Waals surface area contributed by atoms with E-state index in [4.69, 9.17) is 0 Å². The minimum Gasteiger partial charge on any atom is -0.338 e. The molecule has 132 valence electrons. The van der Waals surface area contributed by atoms with E-state index in [1.807, 2.05) is 26.0 Å². The lowest BCUT2D eigenvalue weighted by Gasteiger charge is -2.34. The summed E-state index contributed by atoms with van der Waals surface area (Å²) in [6.07, 6.45) is 2.39. The molecule has 1 aliphatic heterocycles. The van der Waals surface area contributed by atoms with Gasteiger partial charge in [0.15, 0.2) is 0 Å². The van der Waals surface area contributed by atoms with Crippen molar-refractivity contribution in [2.45, 2.75) is 31.6 Å². The Bertz CT molecular complexity index is 721. The molecule has 1 saturated heterocycles. The predicted octanol–water partition coefficient (Wildman–Crippen LogP) is 1.73. The molecule has 1 saturated carbocycles. The van der Waals surface area contributed by atoms with E-state index in [9.17, 15) is 13.2 Å². The third kappa shape index (κ3) is 3.72. The molecule has 7 heteroatoms. The maximum atomic E-state index is 12.9. The van der Waals surface area contributed by atoms with Crippen LogP contribution in [0.15, 0.2) is 23.1 Å². The summed E-state index contributed by atoms with van der Waals surface area (Å²) in [4.78, 5) is 14.2. The van der Waals surface area contributed by atoms with Crippen molar-refractivity contribution >= 4 is 16.1 Å². The Kier molecular flexibility index (Phi) is 4.83. The van der Waals surface area contributed by atoms with Crippen molar-refractivity contribution in [2.24, 2.45) is 5.92 Å². The lowest BCUT2D eigenvalue weighted by atomic mass is 10.2. The molecule has 0 radical (unpaired) electrons. The molecule has 0 bridgehead atoms. The monoisotopic (exact) mass is 351 g/mol. The van der Waals surface area contributed by atoms with Crippen molar-refractivity contribution in [1.29, 1.82) is 0 Å². The zero-order valence-corrected chi connectivity index (χ0v) is 15.1. The first-order valence-corrected chi connectivity index (χ1v) is 9.92. The second-order valence-electron chi connectivity index (χ2n) is 6.79. The number of rotatable bonds is 4. The number of urea groups is 1. The van der Waals surface area contributed by atoms with E-state index in [1.165, 1.54) is 17.1 Å². The van der Waals surface area contributed by atoms with E-state index in [0.717, 1.165) is 17.7 Å². The number of benzene rings is 1. The van der Waals surface area contributed by atoms with Gasteiger partial charge in [0.05, 0.1) is 4.90 Å². The van der Waals surface area contributed by atoms with E-state index < -0.39 is 10.0 Å². The van der Waals surface area contributed by atoms with Crippen LogP contribution in [0.2, 0.25) is 0 Å². The molecule has 1 N–H and O–H groups in total. The topological polar surface area (TPSA) is 69.7 Å². The quantitative estimate of drug-likeness (QED) is 0.898. The number of amides is 2. The molecule has 2 amide bonds. The molecule has 1 aliphatic carbocycles. The number of nitrogens with zero attached hydrogens (tertiary/aromatic N) is 2. The van der Waals surface area contributed by atoms with E-state index in [2.05, 4.69) is 5.32 Å². The first-order chi connectivity index (χ1) is 11.4. The fourth-order valence-corrected chi connectivity index (χ4v) is 4.65. The first kappa shape index (κ1) is 17.2. The number of aryl methyl sites for hydroxylation is 2. The highest BCUT2D eigenvalue weighted by Crippen LogP contribution is 2.27. The zero-order chi connectivity index (χ0) is 17.3. The molecule has 1 aromatic rings. The third-order valence-corrected chi connectivity index (χ3v) is 6.77. The van der Waals surface area contributed by atoms with E-state index in [-0.39, 0.29) is 6.03 Å². The number of carbonyl (C=O) groups excluding carboxylic acids is 1. The highest BCUT2D eigenvalue weighted by atomic mass is 32.2. The molecule has 0 spiro atoms. The molecule has 2 fully saturated rings. The second-order valence-corrected chi connectivity index (χ2v) is 8.70. The van der Waals surface area contributed by atoms with Crippen molar-refractivity contribution in [3.63, 3.8) is 0 Å². The van der Waals surface area contributed by atoms with Crippen LogP contribution in [0.4, 0.5) is 4.79 Å². The Hall–Kier alpha value is -1.60. The molecule has 24 heavy (non-hydrogen) atoms. The van der Waals surface area contributed by atoms with Gasteiger partial charge in [0.2, 0.25) is 10.0 Å². The number of piperazine rings is 1. The van der Waals surface area contributed by atoms with Gasteiger partial charge in [0.25, 0.3) is 0 Å². The van der Waals surface area contributed by atoms with Crippen LogP contribution >= 0.6 is 0 Å². The van der Waals surface area contributed by atoms with Crippen LogP contribution in [-0.4, -0.2) is 56.4 Å². The first-order valence-electron chi connectivity index (χ1n) is 8.48. The van der Waals surface area contributed by atoms with Crippen LogP contribution in [0.25, 0.3) is 0 Å². The van der Waals surface area contributed by atoms with E-state index >= 15 is 0 Å². The van der Waals surface area contributed by atoms with E-state index in [0.29, 0.717) is 37.0 Å². The SMILES string of the molecule is Cc1ccc(C)c(S(=O)(=O)N2CCN(C(=O)NCC3CC3)CC2)c1. The second kappa shape index (κ2) is 6.72. The highest BCUT2D eigenvalue weighted by molar-refractivity contribution is 7.89. The molecule has 0 atom stereocenters. The fraction of sp³-hybridized carbons (Fsp3) is 0.588. The Morgan fingerprint density at radius 3 is 2.46 bits per heavy atom. The van der Waals surface area contributed by atoms with Crippen LogP contribution in [0.5, 0.6) is 0 Å². The molecule has 1 heterocycles. The number of carbonyl (C=O) groups is 1. The summed E-state index contributed by atoms with van der Waals surface area (Å²) in [7, 11) is -3.51. The Morgan fingerprint density at radius 1 is 1.17 bits per heavy atom. The summed E-state index contributed by atoms with van der Waals surface area (Å²) < 4.78 is 27.2. The maximum absolute atomic E-state index is 12.9. The molecule has 1 aromatic carbocycles. The van der Waals surface area contributed by atoms with Crippen LogP contribution < -0.4 is 5.32 Å². The molecule has 6 nitrogen and oxygen atoms in total. The van der Waals surface area contributed by atoms with E-state index in [1.54, 1.807) is 11.0 Å². The Labute approximate surface area is 143 Å². The zero-order valence-electron chi connectivity index (χ0n) is 14.3. The normalized spacial score (nSPS) is 19.3. The van der Waals surface area contributed by atoms with Crippen molar-refractivity contribution in [3.05, 3.63) is 29.3 Å². The van der Waals surface area contributed by atoms with Crippen LogP contribution in [0.3, 0.4) is 0 Å². The van der Waals surface area contributed by atoms with Crippen LogP contribution in [0, 0.1) is 19.8 Å². The standard InChI is InChI=1S/C17H25N3O3S/c1-13-3-4-14(2)16(11-13)24(22,23)20-9-7-19(8-10-20)17(21)18-12-15-5-6-15/h3-4,11,15H,5-10,12H2,1-2H3,(H,18,21). The fourth-order valence-electron chi connectivity index (χ4n) is 2.92. The molecule has 3 rings (SSSR count). The molecule has 0 unspecified atom stereocenters. The minimum atomic E-state index is -3.51. The highest BCUT2D eigenvalue weighted by Gasteiger charge is 2.31. The van der Waals surface area contributed by atoms with Gasteiger partial charge in [-0.2, -0.15) is 4.31 Å². The summed E-state index contributed by atoms with van der Waals surface area (Å²) in [5.74, 6) is 0.639. The van der Waals surface area contributed by atoms with Gasteiger partial charge < -0.3 is 10.2 Å². The largest absolute Gasteiger partial charge is 0.338 e. The molecular weight excluding hydrogens is 326 g/mol. The lowest BCUT2D eigenvalue weighted by Crippen LogP contribution is -2.53. The predicted molar refractivity (Wildman–Crippen MR) is 92.4 cm³/mol. The van der Waals surface area contributed by atoms with Crippen molar-refractivity contribution < 1.29 is 13.2 Å². The van der Waals surface area contributed by atoms with Gasteiger partial charge in [-0.3, -0.25) is 0 Å². The molecule has 0 aromatic heterocycles. The maximum Gasteiger partial charge on any atom is 0.317 e. The summed E-state index contributed by atoms with van der Waals surface area (Å²) in [6.45, 7) is 5.98. The average molecular weight is 351 g/mol. The van der Waals surface area contributed by atoms with Gasteiger partial charge >= 0.3 is 6.03 Å². The van der Waals surface area contributed by atoms with Gasteiger partial charge in [0.1, 0.15) is 0 Å². The van der Waals surface area contributed by atoms with Crippen LogP contribution in [0.1, 0.15) is 24.0 Å². The van der Waals surface area contributed by atoms with Gasteiger partial charge in [-0.1, -0.05) is 12.1 Å². The van der Waals surface area contributed by atoms with Gasteiger partial charge in [-0.15, -0.1) is 0 Å². The van der Waals surface area contributed by atoms with Gasteiger partial charge in [-0.05, 0) is 49.8 Å². The third-order valence-electron chi connectivity index (χ3n) is 4.73. The number of hydrogen-bond acceptors (Lipinski definition) is 3. The summed E-state index contributed by atoms with van der Waals surface area (Å²) >= 11 is 0. The van der Waals surface area contributed by atoms with Crippen LogP contribution in [-0.2, 0) is 10.0 Å². The Balaban J connectivity index is 1.62. The van der Waals surface area contributed by atoms with Gasteiger partial charge in [0, 0.05) is 32.7 Å². The van der Waals surface area contributed by atoms with Gasteiger partial charge in [-0.25, -0.2) is 13.2 Å². The minimum absolute atomic E-state index is 0.0781. The number of hydrogen-bond donors (Lipinski definition) is 1. The van der Waals surface area contributed by atoms with Crippen molar-refractivity contribution in [3.8, 4) is 0 Å². The smallest absolute Gasteiger partial charge is 0.317 e.